The van der Waals surface area contributed by atoms with Gasteiger partial charge in [-0.15, -0.1) is 0 Å². The van der Waals surface area contributed by atoms with E-state index in [4.69, 9.17) is 0 Å². The lowest BCUT2D eigenvalue weighted by molar-refractivity contribution is 1.01. The van der Waals surface area contributed by atoms with Crippen LogP contribution in [0.3, 0.4) is 0 Å². The molecular weight excluding hydrogens is 540 g/mol. The Morgan fingerprint density at radius 1 is 0.333 bits per heavy atom. The minimum absolute atomic E-state index is 0.700. The summed E-state index contributed by atoms with van der Waals surface area (Å²) in [7, 11) is 0. The van der Waals surface area contributed by atoms with Crippen LogP contribution in [0.2, 0.25) is 0 Å². The van der Waals surface area contributed by atoms with Crippen molar-refractivity contribution < 1.29 is 0 Å². The second-order valence-electron chi connectivity index (χ2n) is 12.8. The topological polar surface area (TPSA) is 0 Å². The Morgan fingerprint density at radius 2 is 0.844 bits per heavy atom. The molecule has 2 unspecified atom stereocenters. The smallest absolute Gasteiger partial charge is 0.00262 e. The maximum atomic E-state index is 2.43. The van der Waals surface area contributed by atoms with Crippen LogP contribution in [0.5, 0.6) is 0 Å². The van der Waals surface area contributed by atoms with Gasteiger partial charge in [0.2, 0.25) is 0 Å². The molecule has 210 valence electrons. The lowest BCUT2D eigenvalue weighted by atomic mass is 9.83. The summed E-state index contributed by atoms with van der Waals surface area (Å²) in [5, 5.41) is 7.69. The third-order valence-electron chi connectivity index (χ3n) is 10.4. The molecule has 0 saturated heterocycles. The minimum Gasteiger partial charge on any atom is -0.0619 e. The molecule has 0 N–H and O–H groups in total. The molecule has 0 aliphatic heterocycles. The normalized spacial score (nSPS) is 16.4. The van der Waals surface area contributed by atoms with Crippen LogP contribution in [-0.4, -0.2) is 0 Å². The number of benzene rings is 8. The minimum atomic E-state index is 0.700. The molecule has 0 radical (unpaired) electrons. The van der Waals surface area contributed by atoms with E-state index in [2.05, 4.69) is 158 Å². The summed E-state index contributed by atoms with van der Waals surface area (Å²) in [4.78, 5) is 0. The maximum Gasteiger partial charge on any atom is -0.00262 e. The fraction of sp³-hybridized carbons (Fsp3) is 0.0667. The fourth-order valence-electron chi connectivity index (χ4n) is 8.17. The molecule has 1 saturated carbocycles. The highest BCUT2D eigenvalue weighted by Crippen LogP contribution is 2.62. The molecule has 45 heavy (non-hydrogen) atoms. The van der Waals surface area contributed by atoms with Gasteiger partial charge in [0.05, 0.1) is 0 Å². The summed E-state index contributed by atoms with van der Waals surface area (Å²) in [5.74, 6) is 1.42. The molecule has 0 spiro atoms. The molecule has 0 bridgehead atoms. The summed E-state index contributed by atoms with van der Waals surface area (Å²) in [6, 6.07) is 58.8. The highest BCUT2D eigenvalue weighted by Gasteiger charge is 2.45. The molecule has 0 heterocycles. The number of fused-ring (bicyclic) bond motifs is 9. The van der Waals surface area contributed by atoms with E-state index in [1.165, 1.54) is 94.4 Å². The van der Waals surface area contributed by atoms with Gasteiger partial charge in [0.1, 0.15) is 0 Å². The first-order valence-electron chi connectivity index (χ1n) is 16.1. The molecule has 0 aromatic heterocycles. The average molecular weight is 571 g/mol. The molecule has 2 atom stereocenters. The van der Waals surface area contributed by atoms with E-state index in [9.17, 15) is 0 Å². The van der Waals surface area contributed by atoms with Crippen molar-refractivity contribution >= 4 is 32.3 Å². The lowest BCUT2D eigenvalue weighted by Gasteiger charge is -2.20. The maximum absolute atomic E-state index is 2.43. The third-order valence-corrected chi connectivity index (χ3v) is 10.4. The first kappa shape index (κ1) is 24.9. The predicted octanol–water partition coefficient (Wildman–Crippen LogP) is 12.4. The van der Waals surface area contributed by atoms with Crippen LogP contribution in [0, 0.1) is 0 Å². The van der Waals surface area contributed by atoms with Crippen molar-refractivity contribution in [2.24, 2.45) is 0 Å². The van der Waals surface area contributed by atoms with Gasteiger partial charge in [0.15, 0.2) is 0 Å². The average Bonchev–Trinajstić information content (AvgIpc) is 3.92. The van der Waals surface area contributed by atoms with Gasteiger partial charge < -0.3 is 0 Å². The first-order valence-corrected chi connectivity index (χ1v) is 16.1. The number of hydrogen-bond acceptors (Lipinski definition) is 0. The first-order chi connectivity index (χ1) is 22.3. The molecule has 0 nitrogen and oxygen atoms in total. The van der Waals surface area contributed by atoms with Gasteiger partial charge in [-0.25, -0.2) is 0 Å². The molecule has 0 heteroatoms. The van der Waals surface area contributed by atoms with E-state index >= 15 is 0 Å². The molecule has 0 amide bonds. The van der Waals surface area contributed by atoms with Crippen LogP contribution >= 0.6 is 0 Å². The van der Waals surface area contributed by atoms with Gasteiger partial charge in [0.25, 0.3) is 0 Å². The Balaban J connectivity index is 1.12. The molecule has 2 aliphatic carbocycles. The Labute approximate surface area is 263 Å². The molecule has 10 rings (SSSR count). The standard InChI is InChI=1S/C45H30/c1-2-10-31-25-33(22-19-28(31)9-1)45-39-15-7-5-13-37(39)44(38-14-6-8-16-40(38)45)30-20-17-29(18-21-30)32-23-24-36-41(26-32)34-11-3-4-12-35(34)42-27-43(36)42/h1-26,42-43H,27H2. The largest absolute Gasteiger partial charge is 0.0619 e. The summed E-state index contributed by atoms with van der Waals surface area (Å²) in [6.45, 7) is 0. The summed E-state index contributed by atoms with van der Waals surface area (Å²) in [5.41, 5.74) is 13.6. The van der Waals surface area contributed by atoms with Crippen molar-refractivity contribution in [2.45, 2.75) is 18.3 Å². The van der Waals surface area contributed by atoms with E-state index in [-0.39, 0.29) is 0 Å². The SMILES string of the molecule is c1ccc2c(c1)-c1cc(-c3ccc(-c4c5ccccc5c(-c5ccc6ccccc6c5)c5ccccc45)cc3)ccc1C1CC21. The Kier molecular flexibility index (Phi) is 5.27. The van der Waals surface area contributed by atoms with Gasteiger partial charge in [-0.2, -0.15) is 0 Å². The van der Waals surface area contributed by atoms with Crippen molar-refractivity contribution in [3.8, 4) is 44.5 Å². The van der Waals surface area contributed by atoms with Crippen molar-refractivity contribution in [2.75, 3.05) is 0 Å². The van der Waals surface area contributed by atoms with E-state index in [1.54, 1.807) is 0 Å². The Hall–Kier alpha value is -5.46. The quantitative estimate of drug-likeness (QED) is 0.185. The molecule has 8 aromatic carbocycles. The van der Waals surface area contributed by atoms with E-state index in [0.29, 0.717) is 5.92 Å². The lowest BCUT2D eigenvalue weighted by Crippen LogP contribution is -1.99. The third kappa shape index (κ3) is 3.79. The second-order valence-corrected chi connectivity index (χ2v) is 12.8. The van der Waals surface area contributed by atoms with Crippen LogP contribution < -0.4 is 0 Å². The Bertz CT molecular complexity index is 2400. The summed E-state index contributed by atoms with van der Waals surface area (Å²) in [6.07, 6.45) is 1.29. The number of rotatable bonds is 3. The molecule has 2 aliphatic rings. The summed E-state index contributed by atoms with van der Waals surface area (Å²) < 4.78 is 0. The van der Waals surface area contributed by atoms with E-state index < -0.39 is 0 Å². The summed E-state index contributed by atoms with van der Waals surface area (Å²) >= 11 is 0. The zero-order chi connectivity index (χ0) is 29.5. The van der Waals surface area contributed by atoms with Crippen molar-refractivity contribution in [1.29, 1.82) is 0 Å². The predicted molar refractivity (Wildman–Crippen MR) is 191 cm³/mol. The molecule has 1 fully saturated rings. The van der Waals surface area contributed by atoms with Crippen LogP contribution in [0.1, 0.15) is 29.4 Å². The zero-order valence-corrected chi connectivity index (χ0v) is 24.9. The van der Waals surface area contributed by atoms with Gasteiger partial charge in [-0.3, -0.25) is 0 Å². The van der Waals surface area contributed by atoms with Gasteiger partial charge in [-0.1, -0.05) is 146 Å². The highest BCUT2D eigenvalue weighted by atomic mass is 14.5. The van der Waals surface area contributed by atoms with Gasteiger partial charge in [0, 0.05) is 0 Å². The van der Waals surface area contributed by atoms with Gasteiger partial charge in [-0.05, 0) is 118 Å². The van der Waals surface area contributed by atoms with E-state index in [1.807, 2.05) is 0 Å². The van der Waals surface area contributed by atoms with Crippen LogP contribution in [0.15, 0.2) is 158 Å². The highest BCUT2D eigenvalue weighted by molar-refractivity contribution is 6.21. The second kappa shape index (κ2) is 9.52. The van der Waals surface area contributed by atoms with Crippen LogP contribution in [0.25, 0.3) is 76.8 Å². The fourth-order valence-corrected chi connectivity index (χ4v) is 8.17. The van der Waals surface area contributed by atoms with Gasteiger partial charge >= 0.3 is 0 Å². The Morgan fingerprint density at radius 3 is 1.56 bits per heavy atom. The van der Waals surface area contributed by atoms with Crippen molar-refractivity contribution in [3.63, 3.8) is 0 Å². The van der Waals surface area contributed by atoms with Crippen molar-refractivity contribution in [3.05, 3.63) is 169 Å². The molecular formula is C45H30. The zero-order valence-electron chi connectivity index (χ0n) is 24.9. The van der Waals surface area contributed by atoms with Crippen LogP contribution in [-0.2, 0) is 0 Å². The molecule has 8 aromatic rings. The van der Waals surface area contributed by atoms with Crippen molar-refractivity contribution in [1.82, 2.24) is 0 Å². The van der Waals surface area contributed by atoms with Crippen LogP contribution in [0.4, 0.5) is 0 Å². The monoisotopic (exact) mass is 570 g/mol. The number of hydrogen-bond donors (Lipinski definition) is 0. The van der Waals surface area contributed by atoms with E-state index in [0.717, 1.165) is 5.92 Å².